The molecule has 1 amide bonds. The van der Waals surface area contributed by atoms with Gasteiger partial charge in [0.1, 0.15) is 17.2 Å². The first-order chi connectivity index (χ1) is 14.0. The van der Waals surface area contributed by atoms with Gasteiger partial charge >= 0.3 is 0 Å². The Kier molecular flexibility index (Phi) is 8.34. The summed E-state index contributed by atoms with van der Waals surface area (Å²) in [4.78, 5) is 12.2. The van der Waals surface area contributed by atoms with Crippen molar-refractivity contribution in [1.82, 2.24) is 5.32 Å². The second-order valence-corrected chi connectivity index (χ2v) is 6.59. The average Bonchev–Trinajstić information content (AvgIpc) is 2.76. The number of rotatable bonds is 9. The predicted molar refractivity (Wildman–Crippen MR) is 118 cm³/mol. The number of hydrogen-bond acceptors (Lipinski definition) is 4. The molecule has 0 aromatic heterocycles. The lowest BCUT2D eigenvalue weighted by Crippen LogP contribution is -2.30. The van der Waals surface area contributed by atoms with Gasteiger partial charge in [-0.2, -0.15) is 0 Å². The lowest BCUT2D eigenvalue weighted by molar-refractivity contribution is -0.117. The van der Waals surface area contributed by atoms with Crippen LogP contribution in [0.25, 0.3) is 18.2 Å². The van der Waals surface area contributed by atoms with Crippen molar-refractivity contribution in [3.05, 3.63) is 59.2 Å². The van der Waals surface area contributed by atoms with E-state index in [-0.39, 0.29) is 11.9 Å². The molecule has 0 fully saturated rings. The summed E-state index contributed by atoms with van der Waals surface area (Å²) in [7, 11) is 4.85. The van der Waals surface area contributed by atoms with Crippen molar-refractivity contribution >= 4 is 24.1 Å². The van der Waals surface area contributed by atoms with Crippen LogP contribution in [0.15, 0.2) is 42.5 Å². The van der Waals surface area contributed by atoms with Crippen LogP contribution in [0.2, 0.25) is 0 Å². The minimum atomic E-state index is -0.137. The van der Waals surface area contributed by atoms with Gasteiger partial charge in [0.15, 0.2) is 0 Å². The van der Waals surface area contributed by atoms with Crippen LogP contribution in [-0.4, -0.2) is 33.3 Å². The van der Waals surface area contributed by atoms with Gasteiger partial charge in [0.2, 0.25) is 5.91 Å². The quantitative estimate of drug-likeness (QED) is 0.489. The van der Waals surface area contributed by atoms with Gasteiger partial charge in [-0.25, -0.2) is 0 Å². The van der Waals surface area contributed by atoms with Crippen molar-refractivity contribution in [1.29, 1.82) is 0 Å². The number of ether oxygens (including phenoxy) is 3. The van der Waals surface area contributed by atoms with Crippen LogP contribution in [-0.2, 0) is 4.79 Å². The van der Waals surface area contributed by atoms with Gasteiger partial charge in [-0.3, -0.25) is 4.79 Å². The topological polar surface area (TPSA) is 56.8 Å². The van der Waals surface area contributed by atoms with E-state index >= 15 is 0 Å². The molecule has 0 saturated heterocycles. The Bertz CT molecular complexity index is 869. The van der Waals surface area contributed by atoms with Gasteiger partial charge in [-0.05, 0) is 48.7 Å². The smallest absolute Gasteiger partial charge is 0.244 e. The summed E-state index contributed by atoms with van der Waals surface area (Å²) in [5.41, 5.74) is 2.71. The van der Waals surface area contributed by atoms with Crippen molar-refractivity contribution in [2.75, 3.05) is 21.3 Å². The highest BCUT2D eigenvalue weighted by molar-refractivity contribution is 5.93. The first kappa shape index (κ1) is 22.1. The summed E-state index contributed by atoms with van der Waals surface area (Å²) in [6.45, 7) is 4.01. The number of carbonyl (C=O) groups excluding carboxylic acids is 1. The van der Waals surface area contributed by atoms with Gasteiger partial charge in [0, 0.05) is 23.7 Å². The molecular weight excluding hydrogens is 366 g/mol. The van der Waals surface area contributed by atoms with Crippen molar-refractivity contribution in [2.45, 2.75) is 26.3 Å². The molecule has 0 bridgehead atoms. The van der Waals surface area contributed by atoms with E-state index in [0.29, 0.717) is 11.5 Å². The monoisotopic (exact) mass is 395 g/mol. The van der Waals surface area contributed by atoms with E-state index in [1.165, 1.54) is 6.08 Å². The molecule has 0 heterocycles. The van der Waals surface area contributed by atoms with Crippen LogP contribution in [0.5, 0.6) is 17.2 Å². The highest BCUT2D eigenvalue weighted by Gasteiger charge is 2.10. The molecule has 1 unspecified atom stereocenters. The number of methoxy groups -OCH3 is 3. The molecule has 2 aromatic rings. The first-order valence-electron chi connectivity index (χ1n) is 9.57. The molecule has 2 rings (SSSR count). The maximum absolute atomic E-state index is 12.2. The fourth-order valence-corrected chi connectivity index (χ4v) is 2.68. The first-order valence-corrected chi connectivity index (χ1v) is 9.57. The second kappa shape index (κ2) is 11.0. The summed E-state index contributed by atoms with van der Waals surface area (Å²) in [6.07, 6.45) is 8.13. The Morgan fingerprint density at radius 2 is 1.66 bits per heavy atom. The standard InChI is InChI=1S/C24H29NO4/c1-6-17(2)25-24(26)14-13-22-19(15-21(28-4)16-23(22)29-5)10-7-18-8-11-20(27-3)12-9-18/h7-17H,6H2,1-5H3,(H,25,26)/b10-7+,14-13+. The molecule has 0 aliphatic rings. The summed E-state index contributed by atoms with van der Waals surface area (Å²) in [5.74, 6) is 1.98. The van der Waals surface area contributed by atoms with E-state index in [2.05, 4.69) is 5.32 Å². The second-order valence-electron chi connectivity index (χ2n) is 6.59. The van der Waals surface area contributed by atoms with Crippen LogP contribution >= 0.6 is 0 Å². The Balaban J connectivity index is 2.37. The third kappa shape index (κ3) is 6.42. The molecule has 0 saturated carbocycles. The van der Waals surface area contributed by atoms with Gasteiger partial charge in [0.25, 0.3) is 0 Å². The van der Waals surface area contributed by atoms with Crippen LogP contribution in [0.4, 0.5) is 0 Å². The average molecular weight is 395 g/mol. The molecule has 0 radical (unpaired) electrons. The molecule has 0 aliphatic carbocycles. The van der Waals surface area contributed by atoms with E-state index in [9.17, 15) is 4.79 Å². The molecular formula is C24H29NO4. The zero-order valence-corrected chi connectivity index (χ0v) is 17.7. The van der Waals surface area contributed by atoms with E-state index in [1.807, 2.05) is 56.3 Å². The fourth-order valence-electron chi connectivity index (χ4n) is 2.68. The van der Waals surface area contributed by atoms with Crippen LogP contribution < -0.4 is 19.5 Å². The molecule has 5 nitrogen and oxygen atoms in total. The van der Waals surface area contributed by atoms with Gasteiger partial charge in [-0.1, -0.05) is 31.2 Å². The molecule has 1 N–H and O–H groups in total. The summed E-state index contributed by atoms with van der Waals surface area (Å²) < 4.78 is 16.1. The molecule has 0 aliphatic heterocycles. The zero-order chi connectivity index (χ0) is 21.2. The molecule has 1 atom stereocenters. The van der Waals surface area contributed by atoms with E-state index in [4.69, 9.17) is 14.2 Å². The van der Waals surface area contributed by atoms with Crippen LogP contribution in [0.3, 0.4) is 0 Å². The number of hydrogen-bond donors (Lipinski definition) is 1. The van der Waals surface area contributed by atoms with Gasteiger partial charge in [0.05, 0.1) is 21.3 Å². The third-order valence-corrected chi connectivity index (χ3v) is 4.58. The highest BCUT2D eigenvalue weighted by Crippen LogP contribution is 2.31. The van der Waals surface area contributed by atoms with Crippen LogP contribution in [0.1, 0.15) is 37.0 Å². The number of nitrogens with one attached hydrogen (secondary N) is 1. The van der Waals surface area contributed by atoms with Crippen molar-refractivity contribution in [2.24, 2.45) is 0 Å². The molecule has 154 valence electrons. The Hall–Kier alpha value is -3.21. The summed E-state index contributed by atoms with van der Waals surface area (Å²) in [6, 6.07) is 11.6. The largest absolute Gasteiger partial charge is 0.497 e. The van der Waals surface area contributed by atoms with E-state index in [1.54, 1.807) is 33.5 Å². The lowest BCUT2D eigenvalue weighted by atomic mass is 10.0. The van der Waals surface area contributed by atoms with Crippen molar-refractivity contribution in [3.8, 4) is 17.2 Å². The zero-order valence-electron chi connectivity index (χ0n) is 17.7. The summed E-state index contributed by atoms with van der Waals surface area (Å²) >= 11 is 0. The number of amides is 1. The maximum Gasteiger partial charge on any atom is 0.244 e. The fraction of sp³-hybridized carbons (Fsp3) is 0.292. The molecule has 29 heavy (non-hydrogen) atoms. The molecule has 2 aromatic carbocycles. The van der Waals surface area contributed by atoms with Gasteiger partial charge < -0.3 is 19.5 Å². The Labute approximate surface area is 173 Å². The molecule has 0 spiro atoms. The maximum atomic E-state index is 12.2. The third-order valence-electron chi connectivity index (χ3n) is 4.58. The number of carbonyl (C=O) groups is 1. The summed E-state index contributed by atoms with van der Waals surface area (Å²) in [5, 5.41) is 2.93. The minimum absolute atomic E-state index is 0.124. The van der Waals surface area contributed by atoms with Crippen molar-refractivity contribution in [3.63, 3.8) is 0 Å². The van der Waals surface area contributed by atoms with Crippen molar-refractivity contribution < 1.29 is 19.0 Å². The SMILES string of the molecule is CCC(C)NC(=O)/C=C/c1c(/C=C/c2ccc(OC)cc2)cc(OC)cc1OC. The lowest BCUT2D eigenvalue weighted by Gasteiger charge is -2.12. The number of benzene rings is 2. The van der Waals surface area contributed by atoms with E-state index in [0.717, 1.165) is 28.9 Å². The normalized spacial score (nSPS) is 12.2. The highest BCUT2D eigenvalue weighted by atomic mass is 16.5. The van der Waals surface area contributed by atoms with Gasteiger partial charge in [-0.15, -0.1) is 0 Å². The minimum Gasteiger partial charge on any atom is -0.497 e. The Morgan fingerprint density at radius 3 is 2.24 bits per heavy atom. The molecule has 5 heteroatoms. The Morgan fingerprint density at radius 1 is 0.966 bits per heavy atom. The van der Waals surface area contributed by atoms with Crippen LogP contribution in [0, 0.1) is 0 Å². The van der Waals surface area contributed by atoms with E-state index < -0.39 is 0 Å². The predicted octanol–water partition coefficient (Wildman–Crippen LogP) is 4.81.